The van der Waals surface area contributed by atoms with Crippen molar-refractivity contribution in [2.45, 2.75) is 6.10 Å². The third kappa shape index (κ3) is 1.55. The Morgan fingerprint density at radius 3 is 2.55 bits per heavy atom. The molecule has 0 fully saturated rings. The molecule has 4 rings (SSSR count). The molecule has 0 N–H and O–H groups in total. The minimum atomic E-state index is -0.0824. The Hall–Kier alpha value is -2.32. The minimum Gasteiger partial charge on any atom is -0.457 e. The molecule has 2 nitrogen and oxygen atoms in total. The highest BCUT2D eigenvalue weighted by molar-refractivity contribution is 5.89. The van der Waals surface area contributed by atoms with E-state index in [1.54, 1.807) is 7.11 Å². The molecule has 1 unspecified atom stereocenters. The van der Waals surface area contributed by atoms with Crippen LogP contribution in [0.25, 0.3) is 10.8 Å². The van der Waals surface area contributed by atoms with E-state index in [0.717, 1.165) is 22.6 Å². The number of para-hydroxylation sites is 1. The number of methoxy groups -OCH3 is 1. The fraction of sp³-hybridized carbons (Fsp3) is 0.111. The average molecular weight is 262 g/mol. The predicted molar refractivity (Wildman–Crippen MR) is 79.3 cm³/mol. The fourth-order valence-electron chi connectivity index (χ4n) is 2.94. The van der Waals surface area contributed by atoms with Crippen molar-refractivity contribution in [1.29, 1.82) is 0 Å². The lowest BCUT2D eigenvalue weighted by atomic mass is 9.92. The molecule has 0 saturated heterocycles. The molecule has 20 heavy (non-hydrogen) atoms. The molecule has 1 aliphatic rings. The van der Waals surface area contributed by atoms with Crippen LogP contribution in [0.3, 0.4) is 0 Å². The van der Waals surface area contributed by atoms with Crippen LogP contribution in [-0.4, -0.2) is 7.11 Å². The summed E-state index contributed by atoms with van der Waals surface area (Å²) in [6.07, 6.45) is -0.0824. The topological polar surface area (TPSA) is 18.5 Å². The van der Waals surface area contributed by atoms with Crippen LogP contribution in [0.4, 0.5) is 0 Å². The van der Waals surface area contributed by atoms with Gasteiger partial charge < -0.3 is 9.47 Å². The Morgan fingerprint density at radius 2 is 1.65 bits per heavy atom. The molecule has 1 atom stereocenters. The van der Waals surface area contributed by atoms with Crippen molar-refractivity contribution < 1.29 is 9.47 Å². The van der Waals surface area contributed by atoms with Gasteiger partial charge in [-0.15, -0.1) is 0 Å². The molecule has 0 bridgehead atoms. The second-order valence-corrected chi connectivity index (χ2v) is 4.95. The van der Waals surface area contributed by atoms with Crippen molar-refractivity contribution in [3.63, 3.8) is 0 Å². The normalized spacial score (nSPS) is 16.4. The smallest absolute Gasteiger partial charge is 0.134 e. The first kappa shape index (κ1) is 11.5. The minimum absolute atomic E-state index is 0.0824. The maximum atomic E-state index is 6.04. The number of fused-ring (bicyclic) bond motifs is 4. The summed E-state index contributed by atoms with van der Waals surface area (Å²) >= 11 is 0. The Bertz CT molecular complexity index is 792. The Balaban J connectivity index is 2.04. The van der Waals surface area contributed by atoms with E-state index in [2.05, 4.69) is 30.3 Å². The van der Waals surface area contributed by atoms with Gasteiger partial charge in [-0.2, -0.15) is 0 Å². The molecular formula is C18H14O2. The fourth-order valence-corrected chi connectivity index (χ4v) is 2.94. The van der Waals surface area contributed by atoms with Gasteiger partial charge >= 0.3 is 0 Å². The van der Waals surface area contributed by atoms with Gasteiger partial charge in [-0.3, -0.25) is 0 Å². The monoisotopic (exact) mass is 262 g/mol. The van der Waals surface area contributed by atoms with Crippen molar-refractivity contribution in [1.82, 2.24) is 0 Å². The molecule has 1 heterocycles. The lowest BCUT2D eigenvalue weighted by molar-refractivity contribution is 0.128. The Labute approximate surface area is 117 Å². The summed E-state index contributed by atoms with van der Waals surface area (Å²) in [5.74, 6) is 1.76. The van der Waals surface area contributed by atoms with Crippen LogP contribution in [0.15, 0.2) is 60.7 Å². The van der Waals surface area contributed by atoms with Gasteiger partial charge in [0.05, 0.1) is 0 Å². The van der Waals surface area contributed by atoms with Crippen molar-refractivity contribution in [2.75, 3.05) is 7.11 Å². The Kier molecular flexibility index (Phi) is 2.51. The third-order valence-corrected chi connectivity index (χ3v) is 3.85. The van der Waals surface area contributed by atoms with Crippen LogP contribution < -0.4 is 4.74 Å². The number of rotatable bonds is 1. The van der Waals surface area contributed by atoms with E-state index < -0.39 is 0 Å². The molecule has 0 amide bonds. The predicted octanol–water partition coefficient (Wildman–Crippen LogP) is 4.68. The van der Waals surface area contributed by atoms with Gasteiger partial charge in [-0.05, 0) is 22.9 Å². The molecule has 0 aliphatic carbocycles. The molecule has 3 aromatic rings. The number of ether oxygens (including phenoxy) is 2. The quantitative estimate of drug-likeness (QED) is 0.634. The summed E-state index contributed by atoms with van der Waals surface area (Å²) in [5, 5.41) is 2.39. The summed E-state index contributed by atoms with van der Waals surface area (Å²) in [5.41, 5.74) is 2.20. The molecule has 0 spiro atoms. The molecule has 1 aliphatic heterocycles. The van der Waals surface area contributed by atoms with Crippen molar-refractivity contribution in [2.24, 2.45) is 0 Å². The zero-order valence-corrected chi connectivity index (χ0v) is 11.2. The highest BCUT2D eigenvalue weighted by Crippen LogP contribution is 2.47. The molecule has 3 aromatic carbocycles. The average Bonchev–Trinajstić information content (AvgIpc) is 2.52. The lowest BCUT2D eigenvalue weighted by Gasteiger charge is -2.28. The number of hydrogen-bond acceptors (Lipinski definition) is 2. The van der Waals surface area contributed by atoms with Gasteiger partial charge in [0.2, 0.25) is 0 Å². The zero-order valence-electron chi connectivity index (χ0n) is 11.2. The number of hydrogen-bond donors (Lipinski definition) is 0. The van der Waals surface area contributed by atoms with E-state index in [4.69, 9.17) is 9.47 Å². The first-order valence-corrected chi connectivity index (χ1v) is 6.69. The van der Waals surface area contributed by atoms with E-state index in [0.29, 0.717) is 0 Å². The summed E-state index contributed by atoms with van der Waals surface area (Å²) in [7, 11) is 1.75. The standard InChI is InChI=1S/C18H14O2/c1-19-18-14-8-4-5-9-15(14)20-16-11-10-12-6-2-3-7-13(12)17(16)18/h2-11,18H,1H3. The van der Waals surface area contributed by atoms with Crippen molar-refractivity contribution in [3.8, 4) is 11.5 Å². The van der Waals surface area contributed by atoms with E-state index in [1.165, 1.54) is 10.8 Å². The van der Waals surface area contributed by atoms with Crippen LogP contribution in [0.1, 0.15) is 17.2 Å². The SMILES string of the molecule is COC1c2ccccc2Oc2ccc3ccccc3c21. The van der Waals surface area contributed by atoms with Crippen LogP contribution in [0, 0.1) is 0 Å². The van der Waals surface area contributed by atoms with E-state index in [1.807, 2.05) is 30.3 Å². The van der Waals surface area contributed by atoms with Crippen LogP contribution in [-0.2, 0) is 4.74 Å². The van der Waals surface area contributed by atoms with Crippen molar-refractivity contribution in [3.05, 3.63) is 71.8 Å². The molecule has 2 heteroatoms. The van der Waals surface area contributed by atoms with Gasteiger partial charge in [0, 0.05) is 18.2 Å². The maximum Gasteiger partial charge on any atom is 0.134 e. The molecular weight excluding hydrogens is 248 g/mol. The summed E-state index contributed by atoms with van der Waals surface area (Å²) in [6, 6.07) is 20.5. The Morgan fingerprint density at radius 1 is 0.850 bits per heavy atom. The van der Waals surface area contributed by atoms with Gasteiger partial charge in [-0.1, -0.05) is 48.5 Å². The second kappa shape index (κ2) is 4.36. The van der Waals surface area contributed by atoms with Crippen LogP contribution >= 0.6 is 0 Å². The third-order valence-electron chi connectivity index (χ3n) is 3.85. The van der Waals surface area contributed by atoms with Gasteiger partial charge in [-0.25, -0.2) is 0 Å². The highest BCUT2D eigenvalue weighted by Gasteiger charge is 2.28. The highest BCUT2D eigenvalue weighted by atomic mass is 16.5. The largest absolute Gasteiger partial charge is 0.457 e. The van der Waals surface area contributed by atoms with Crippen LogP contribution in [0.5, 0.6) is 11.5 Å². The van der Waals surface area contributed by atoms with E-state index in [9.17, 15) is 0 Å². The van der Waals surface area contributed by atoms with E-state index >= 15 is 0 Å². The van der Waals surface area contributed by atoms with Gasteiger partial charge in [0.1, 0.15) is 17.6 Å². The van der Waals surface area contributed by atoms with Gasteiger partial charge in [0.15, 0.2) is 0 Å². The zero-order chi connectivity index (χ0) is 13.5. The molecule has 0 radical (unpaired) electrons. The summed E-state index contributed by atoms with van der Waals surface area (Å²) < 4.78 is 11.8. The maximum absolute atomic E-state index is 6.04. The van der Waals surface area contributed by atoms with Crippen molar-refractivity contribution >= 4 is 10.8 Å². The molecule has 0 saturated carbocycles. The van der Waals surface area contributed by atoms with Gasteiger partial charge in [0.25, 0.3) is 0 Å². The first-order chi connectivity index (χ1) is 9.88. The first-order valence-electron chi connectivity index (χ1n) is 6.69. The summed E-state index contributed by atoms with van der Waals surface area (Å²) in [4.78, 5) is 0. The number of benzene rings is 3. The lowest BCUT2D eigenvalue weighted by Crippen LogP contribution is -2.12. The molecule has 0 aromatic heterocycles. The van der Waals surface area contributed by atoms with Crippen LogP contribution in [0.2, 0.25) is 0 Å². The summed E-state index contributed by atoms with van der Waals surface area (Å²) in [6.45, 7) is 0. The molecule has 98 valence electrons. The second-order valence-electron chi connectivity index (χ2n) is 4.95. The van der Waals surface area contributed by atoms with E-state index in [-0.39, 0.29) is 6.10 Å².